The van der Waals surface area contributed by atoms with Crippen molar-refractivity contribution in [1.29, 1.82) is 0 Å². The van der Waals surface area contributed by atoms with Crippen LogP contribution < -0.4 is 5.56 Å². The van der Waals surface area contributed by atoms with Crippen molar-refractivity contribution in [2.75, 3.05) is 11.9 Å². The van der Waals surface area contributed by atoms with E-state index in [0.29, 0.717) is 30.9 Å². The molecule has 4 heterocycles. The molecule has 15 heteroatoms. The molecule has 3 aromatic heterocycles. The minimum Gasteiger partial charge on any atom is -0.465 e. The van der Waals surface area contributed by atoms with E-state index in [1.807, 2.05) is 18.2 Å². The molecule has 1 aliphatic heterocycles. The number of carbonyl (C=O) groups is 1. The van der Waals surface area contributed by atoms with Crippen LogP contribution in [0.3, 0.4) is 0 Å². The van der Waals surface area contributed by atoms with Crippen molar-refractivity contribution in [3.63, 3.8) is 0 Å². The normalized spacial score (nSPS) is 15.3. The number of alkyl halides is 1. The first-order chi connectivity index (χ1) is 16.5. The molecule has 0 aliphatic carbocycles. The lowest BCUT2D eigenvalue weighted by Crippen LogP contribution is -2.19. The Hall–Kier alpha value is -0.240. The molecule has 35 heavy (non-hydrogen) atoms. The minimum atomic E-state index is -2.20. The number of aromatic nitrogens is 3. The summed E-state index contributed by atoms with van der Waals surface area (Å²) < 4.78 is 16.0. The number of fused-ring (bicyclic) bond motifs is 1. The van der Waals surface area contributed by atoms with Crippen LogP contribution in [0, 0.1) is 5.92 Å². The zero-order chi connectivity index (χ0) is 26.0. The maximum atomic E-state index is 11.9. The van der Waals surface area contributed by atoms with Crippen LogP contribution in [-0.2, 0) is 20.5 Å². The lowest BCUT2D eigenvalue weighted by atomic mass is 10.1. The number of ether oxygens (including phenoxy) is 1. The molecule has 1 unspecified atom stereocenters. The lowest BCUT2D eigenvalue weighted by Gasteiger charge is -2.02. The van der Waals surface area contributed by atoms with Crippen LogP contribution in [0.15, 0.2) is 61.6 Å². The summed E-state index contributed by atoms with van der Waals surface area (Å²) in [4.78, 5) is 35.4. The number of carbonyl (C=O) groups excluding carboxylic acids is 1. The van der Waals surface area contributed by atoms with E-state index in [4.69, 9.17) is 4.74 Å². The van der Waals surface area contributed by atoms with Gasteiger partial charge in [-0.05, 0) is 37.1 Å². The SMILES string of the molecule is O=C1OCCC1C=Nc1cc(Br)ccn1.O=P(Br)(Br)Br.O=c1c(CCBr)cnc2cc(Br)ccn12. The number of nitrogens with zero attached hydrogens (tertiary/aromatic N) is 4. The van der Waals surface area contributed by atoms with Crippen molar-refractivity contribution < 1.29 is 14.1 Å². The number of halogens is 6. The molecule has 1 saturated heterocycles. The Balaban J connectivity index is 0.000000208. The zero-order valence-electron chi connectivity index (χ0n) is 17.7. The second-order valence-corrected chi connectivity index (χ2v) is 27.6. The van der Waals surface area contributed by atoms with Crippen molar-refractivity contribution in [2.45, 2.75) is 12.8 Å². The van der Waals surface area contributed by atoms with Crippen LogP contribution in [0.25, 0.3) is 5.65 Å². The van der Waals surface area contributed by atoms with Gasteiger partial charge in [0.25, 0.3) is 8.81 Å². The largest absolute Gasteiger partial charge is 0.465 e. The molecule has 188 valence electrons. The highest BCUT2D eigenvalue weighted by Gasteiger charge is 2.24. The van der Waals surface area contributed by atoms with Gasteiger partial charge in [0.2, 0.25) is 0 Å². The number of cyclic esters (lactones) is 1. The predicted molar refractivity (Wildman–Crippen MR) is 160 cm³/mol. The fourth-order valence-corrected chi connectivity index (χ4v) is 3.71. The van der Waals surface area contributed by atoms with Gasteiger partial charge in [0.15, 0.2) is 5.82 Å². The molecule has 0 aromatic carbocycles. The molecule has 0 amide bonds. The zero-order valence-corrected chi connectivity index (χ0v) is 28.1. The lowest BCUT2D eigenvalue weighted by molar-refractivity contribution is -0.139. The third kappa shape index (κ3) is 11.8. The summed E-state index contributed by atoms with van der Waals surface area (Å²) in [7, 11) is 0. The smallest absolute Gasteiger partial charge is 0.314 e. The number of pyridine rings is 2. The van der Waals surface area contributed by atoms with Crippen molar-refractivity contribution in [1.82, 2.24) is 14.4 Å². The third-order valence-electron chi connectivity index (χ3n) is 4.18. The molecule has 0 radical (unpaired) electrons. The highest BCUT2D eigenvalue weighted by Crippen LogP contribution is 2.68. The molecular formula is C20H17Br6N4O4P. The van der Waals surface area contributed by atoms with E-state index in [-0.39, 0.29) is 17.4 Å². The molecule has 0 saturated carbocycles. The fourth-order valence-electron chi connectivity index (χ4n) is 2.64. The Morgan fingerprint density at radius 1 is 1.14 bits per heavy atom. The van der Waals surface area contributed by atoms with Crippen molar-refractivity contribution in [2.24, 2.45) is 10.9 Å². The minimum absolute atomic E-state index is 0.00644. The highest BCUT2D eigenvalue weighted by molar-refractivity contribution is 9.94. The van der Waals surface area contributed by atoms with Gasteiger partial charge >= 0.3 is 5.97 Å². The monoisotopic (exact) mass is 882 g/mol. The number of hydrogen-bond donors (Lipinski definition) is 0. The summed E-state index contributed by atoms with van der Waals surface area (Å²) in [5, 5.41) is 0.770. The van der Waals surface area contributed by atoms with Crippen LogP contribution in [-0.4, -0.2) is 38.5 Å². The van der Waals surface area contributed by atoms with Crippen molar-refractivity contribution in [3.8, 4) is 0 Å². The average Bonchev–Trinajstić information content (AvgIpc) is 3.18. The van der Waals surface area contributed by atoms with Crippen LogP contribution in [0.4, 0.5) is 5.82 Å². The molecule has 3 aromatic rings. The van der Waals surface area contributed by atoms with Gasteiger partial charge in [-0.3, -0.25) is 18.6 Å². The second kappa shape index (κ2) is 15.2. The Morgan fingerprint density at radius 3 is 2.43 bits per heavy atom. The Kier molecular flexibility index (Phi) is 13.5. The number of aryl methyl sites for hydroxylation is 1. The van der Waals surface area contributed by atoms with Gasteiger partial charge in [0.1, 0.15) is 5.65 Å². The van der Waals surface area contributed by atoms with E-state index < -0.39 is 3.25 Å². The summed E-state index contributed by atoms with van der Waals surface area (Å²) in [6.07, 6.45) is 8.03. The molecule has 0 bridgehead atoms. The summed E-state index contributed by atoms with van der Waals surface area (Å²) in [6, 6.07) is 7.26. The molecule has 1 aliphatic rings. The molecular weight excluding hydrogens is 871 g/mol. The quantitative estimate of drug-likeness (QED) is 0.115. The third-order valence-corrected chi connectivity index (χ3v) is 5.56. The van der Waals surface area contributed by atoms with E-state index in [1.54, 1.807) is 35.3 Å². The molecule has 4 rings (SSSR count). The maximum Gasteiger partial charge on any atom is 0.314 e. The Morgan fingerprint density at radius 2 is 1.83 bits per heavy atom. The summed E-state index contributed by atoms with van der Waals surface area (Å²) in [6.45, 7) is 0.488. The number of rotatable bonds is 4. The van der Waals surface area contributed by atoms with E-state index in [2.05, 4.69) is 109 Å². The van der Waals surface area contributed by atoms with Crippen molar-refractivity contribution >= 4 is 121 Å². The number of hydrogen-bond acceptors (Lipinski definition) is 7. The molecule has 0 N–H and O–H groups in total. The average molecular weight is 888 g/mol. The van der Waals surface area contributed by atoms with Crippen LogP contribution >= 0.6 is 97.5 Å². The highest BCUT2D eigenvalue weighted by atomic mass is 80.0. The van der Waals surface area contributed by atoms with Gasteiger partial charge in [-0.2, -0.15) is 0 Å². The molecule has 1 fully saturated rings. The molecule has 8 nitrogen and oxygen atoms in total. The predicted octanol–water partition coefficient (Wildman–Crippen LogP) is 7.78. The fraction of sp³-hybridized carbons (Fsp3) is 0.250. The number of aliphatic imine (C=N–C) groups is 1. The van der Waals surface area contributed by atoms with Gasteiger partial charge in [-0.15, -0.1) is 0 Å². The first-order valence-electron chi connectivity index (χ1n) is 9.71. The van der Waals surface area contributed by atoms with Crippen molar-refractivity contribution in [3.05, 3.63) is 67.7 Å². The second-order valence-electron chi connectivity index (χ2n) is 6.67. The maximum absolute atomic E-state index is 11.9. The van der Waals surface area contributed by atoms with Gasteiger partial charge in [-0.1, -0.05) is 47.8 Å². The standard InChI is InChI=1S/C10H8Br2N2O.C10H9BrN2O2.Br3OP/c11-3-1-7-6-13-9-5-8(12)2-4-14(9)10(7)15;11-8-1-3-12-9(5-8)13-6-7-2-4-15-10(7)14;1-5(2,3)4/h2,4-6H,1,3H2;1,3,5-7H,2,4H2;. The number of esters is 1. The van der Waals surface area contributed by atoms with Gasteiger partial charge in [0.05, 0.1) is 12.5 Å². The first kappa shape index (κ1) is 31.0. The molecule has 1 atom stereocenters. The van der Waals surface area contributed by atoms with Gasteiger partial charge < -0.3 is 4.74 Å². The van der Waals surface area contributed by atoms with E-state index in [0.717, 1.165) is 19.8 Å². The topological polar surface area (TPSA) is 103 Å². The summed E-state index contributed by atoms with van der Waals surface area (Å²) in [5.74, 6) is 0.170. The Labute approximate surface area is 250 Å². The summed E-state index contributed by atoms with van der Waals surface area (Å²) in [5.41, 5.74) is 1.39. The van der Waals surface area contributed by atoms with E-state index in [1.165, 1.54) is 0 Å². The van der Waals surface area contributed by atoms with Gasteiger partial charge in [-0.25, -0.2) is 15.0 Å². The Bertz CT molecular complexity index is 1290. The first-order valence-corrected chi connectivity index (χ1v) is 20.2. The van der Waals surface area contributed by atoms with E-state index >= 15 is 0 Å². The van der Waals surface area contributed by atoms with E-state index in [9.17, 15) is 14.2 Å². The van der Waals surface area contributed by atoms with Crippen LogP contribution in [0.2, 0.25) is 0 Å². The van der Waals surface area contributed by atoms with Gasteiger partial charge in [0, 0.05) is 91.1 Å². The van der Waals surface area contributed by atoms with Crippen LogP contribution in [0.5, 0.6) is 0 Å². The van der Waals surface area contributed by atoms with Crippen LogP contribution in [0.1, 0.15) is 12.0 Å². The molecule has 0 spiro atoms. The summed E-state index contributed by atoms with van der Waals surface area (Å²) >= 11 is 18.3.